The lowest BCUT2D eigenvalue weighted by Crippen LogP contribution is -2.42. The number of likely N-dealkylation sites (tertiary alicyclic amines) is 1. The Kier molecular flexibility index (Phi) is 4.93. The molecule has 2 rings (SSSR count). The van der Waals surface area contributed by atoms with Crippen LogP contribution in [0.5, 0.6) is 0 Å². The number of aliphatic hydroxyl groups is 1. The smallest absolute Gasteiger partial charge is 0.258 e. The molecule has 1 atom stereocenters. The minimum Gasteiger partial charge on any atom is -0.394 e. The summed E-state index contributed by atoms with van der Waals surface area (Å²) in [6.07, 6.45) is 3.70. The summed E-state index contributed by atoms with van der Waals surface area (Å²) in [5, 5.41) is 9.42. The molecule has 1 amide bonds. The van der Waals surface area contributed by atoms with Crippen LogP contribution in [0.2, 0.25) is 0 Å². The number of benzene rings is 1. The van der Waals surface area contributed by atoms with E-state index in [2.05, 4.69) is 15.9 Å². The molecule has 1 aromatic carbocycles. The number of halogens is 2. The highest BCUT2D eigenvalue weighted by atomic mass is 79.9. The average molecular weight is 330 g/mol. The first-order valence-electron chi connectivity index (χ1n) is 6.51. The molecule has 1 N–H and O–H groups in total. The number of hydrogen-bond acceptors (Lipinski definition) is 2. The van der Waals surface area contributed by atoms with Crippen LogP contribution in [0, 0.1) is 5.82 Å². The lowest BCUT2D eigenvalue weighted by Gasteiger charge is -2.29. The van der Waals surface area contributed by atoms with E-state index in [0.29, 0.717) is 11.0 Å². The summed E-state index contributed by atoms with van der Waals surface area (Å²) in [4.78, 5) is 14.1. The third-order valence-electron chi connectivity index (χ3n) is 3.53. The van der Waals surface area contributed by atoms with Gasteiger partial charge >= 0.3 is 0 Å². The monoisotopic (exact) mass is 329 g/mol. The normalized spacial score (nSPS) is 20.2. The van der Waals surface area contributed by atoms with E-state index in [0.717, 1.165) is 25.7 Å². The van der Waals surface area contributed by atoms with Crippen molar-refractivity contribution < 1.29 is 14.3 Å². The summed E-state index contributed by atoms with van der Waals surface area (Å²) < 4.78 is 14.3. The zero-order valence-electron chi connectivity index (χ0n) is 10.6. The second-order valence-electron chi connectivity index (χ2n) is 4.78. The standard InChI is InChI=1S/C14H17BrFNO2/c15-11-6-4-7-12(16)13(11)14(19)17-8-3-1-2-5-10(17)9-18/h4,6-7,10,18H,1-3,5,8-9H2. The van der Waals surface area contributed by atoms with E-state index < -0.39 is 5.82 Å². The Labute approximate surface area is 120 Å². The largest absolute Gasteiger partial charge is 0.394 e. The summed E-state index contributed by atoms with van der Waals surface area (Å²) in [7, 11) is 0. The minimum atomic E-state index is -0.527. The number of aliphatic hydroxyl groups excluding tert-OH is 1. The van der Waals surface area contributed by atoms with Crippen LogP contribution in [0.1, 0.15) is 36.0 Å². The van der Waals surface area contributed by atoms with Crippen molar-refractivity contribution in [1.29, 1.82) is 0 Å². The van der Waals surface area contributed by atoms with Crippen molar-refractivity contribution in [1.82, 2.24) is 4.90 Å². The van der Waals surface area contributed by atoms with Crippen LogP contribution in [0.3, 0.4) is 0 Å². The lowest BCUT2D eigenvalue weighted by atomic mass is 10.1. The molecule has 0 spiro atoms. The molecule has 5 heteroatoms. The first-order valence-corrected chi connectivity index (χ1v) is 7.30. The minimum absolute atomic E-state index is 0.0582. The highest BCUT2D eigenvalue weighted by molar-refractivity contribution is 9.10. The zero-order chi connectivity index (χ0) is 13.8. The molecule has 0 radical (unpaired) electrons. The van der Waals surface area contributed by atoms with Crippen molar-refractivity contribution in [3.05, 3.63) is 34.1 Å². The molecule has 1 aliphatic heterocycles. The van der Waals surface area contributed by atoms with Gasteiger partial charge in [-0.2, -0.15) is 0 Å². The number of carbonyl (C=O) groups is 1. The van der Waals surface area contributed by atoms with Gasteiger partial charge in [0.15, 0.2) is 0 Å². The number of nitrogens with zero attached hydrogens (tertiary/aromatic N) is 1. The molecule has 0 aliphatic carbocycles. The van der Waals surface area contributed by atoms with Crippen molar-refractivity contribution in [3.8, 4) is 0 Å². The molecule has 0 aromatic heterocycles. The second-order valence-corrected chi connectivity index (χ2v) is 5.64. The highest BCUT2D eigenvalue weighted by Crippen LogP contribution is 2.25. The Hall–Kier alpha value is -0.940. The van der Waals surface area contributed by atoms with Crippen molar-refractivity contribution in [2.45, 2.75) is 31.7 Å². The number of hydrogen-bond donors (Lipinski definition) is 1. The molecule has 1 unspecified atom stereocenters. The molecule has 0 saturated carbocycles. The van der Waals surface area contributed by atoms with Crippen LogP contribution < -0.4 is 0 Å². The van der Waals surface area contributed by atoms with Crippen LogP contribution in [0.15, 0.2) is 22.7 Å². The van der Waals surface area contributed by atoms with Gasteiger partial charge in [0.2, 0.25) is 0 Å². The molecule has 1 aromatic rings. The summed E-state index contributed by atoms with van der Waals surface area (Å²) in [5.41, 5.74) is 0.0582. The molecule has 1 saturated heterocycles. The predicted octanol–water partition coefficient (Wildman–Crippen LogP) is 2.97. The molecule has 0 bridgehead atoms. The van der Waals surface area contributed by atoms with Crippen molar-refractivity contribution >= 4 is 21.8 Å². The molecular formula is C14H17BrFNO2. The van der Waals surface area contributed by atoms with E-state index in [-0.39, 0.29) is 24.1 Å². The molecular weight excluding hydrogens is 313 g/mol. The Morgan fingerprint density at radius 2 is 2.21 bits per heavy atom. The first kappa shape index (κ1) is 14.5. The van der Waals surface area contributed by atoms with Crippen LogP contribution >= 0.6 is 15.9 Å². The number of carbonyl (C=O) groups excluding carboxylic acids is 1. The first-order chi connectivity index (χ1) is 9.15. The summed E-state index contributed by atoms with van der Waals surface area (Å²) in [6.45, 7) is 0.503. The third kappa shape index (κ3) is 3.15. The van der Waals surface area contributed by atoms with Gasteiger partial charge in [-0.15, -0.1) is 0 Å². The zero-order valence-corrected chi connectivity index (χ0v) is 12.2. The van der Waals surface area contributed by atoms with Gasteiger partial charge in [-0.1, -0.05) is 18.9 Å². The fourth-order valence-electron chi connectivity index (χ4n) is 2.48. The molecule has 1 aliphatic rings. The van der Waals surface area contributed by atoms with Crippen LogP contribution in [0.4, 0.5) is 4.39 Å². The molecule has 1 heterocycles. The van der Waals surface area contributed by atoms with Crippen molar-refractivity contribution in [2.24, 2.45) is 0 Å². The maximum atomic E-state index is 13.8. The third-order valence-corrected chi connectivity index (χ3v) is 4.19. The molecule has 3 nitrogen and oxygen atoms in total. The van der Waals surface area contributed by atoms with Gasteiger partial charge in [0, 0.05) is 11.0 Å². The van der Waals surface area contributed by atoms with Gasteiger partial charge in [0.1, 0.15) is 5.82 Å². The fourth-order valence-corrected chi connectivity index (χ4v) is 2.99. The number of rotatable bonds is 2. The van der Waals surface area contributed by atoms with E-state index in [1.165, 1.54) is 6.07 Å². The SMILES string of the molecule is O=C(c1c(F)cccc1Br)N1CCCCCC1CO. The van der Waals surface area contributed by atoms with Crippen LogP contribution in [0.25, 0.3) is 0 Å². The lowest BCUT2D eigenvalue weighted by molar-refractivity contribution is 0.0594. The molecule has 1 fully saturated rings. The Bertz CT molecular complexity index is 447. The Morgan fingerprint density at radius 1 is 1.42 bits per heavy atom. The van der Waals surface area contributed by atoms with Gasteiger partial charge in [0.25, 0.3) is 5.91 Å². The predicted molar refractivity (Wildman–Crippen MR) is 74.5 cm³/mol. The average Bonchev–Trinajstić information content (AvgIpc) is 2.63. The van der Waals surface area contributed by atoms with Crippen LogP contribution in [-0.4, -0.2) is 35.1 Å². The maximum Gasteiger partial charge on any atom is 0.258 e. The van der Waals surface area contributed by atoms with Gasteiger partial charge in [-0.05, 0) is 40.9 Å². The Balaban J connectivity index is 2.30. The number of amides is 1. The quantitative estimate of drug-likeness (QED) is 0.906. The topological polar surface area (TPSA) is 40.5 Å². The Morgan fingerprint density at radius 3 is 2.89 bits per heavy atom. The van der Waals surface area contributed by atoms with Crippen molar-refractivity contribution in [3.63, 3.8) is 0 Å². The van der Waals surface area contributed by atoms with Crippen molar-refractivity contribution in [2.75, 3.05) is 13.2 Å². The van der Waals surface area contributed by atoms with Gasteiger partial charge in [-0.25, -0.2) is 4.39 Å². The van der Waals surface area contributed by atoms with E-state index in [9.17, 15) is 14.3 Å². The summed E-state index contributed by atoms with van der Waals surface area (Å²) >= 11 is 3.23. The van der Waals surface area contributed by atoms with E-state index in [1.54, 1.807) is 17.0 Å². The van der Waals surface area contributed by atoms with E-state index in [1.807, 2.05) is 0 Å². The highest BCUT2D eigenvalue weighted by Gasteiger charge is 2.28. The van der Waals surface area contributed by atoms with E-state index >= 15 is 0 Å². The second kappa shape index (κ2) is 6.48. The van der Waals surface area contributed by atoms with Gasteiger partial charge < -0.3 is 10.0 Å². The van der Waals surface area contributed by atoms with Gasteiger partial charge in [-0.3, -0.25) is 4.79 Å². The summed E-state index contributed by atoms with van der Waals surface area (Å²) in [6, 6.07) is 4.29. The molecule has 19 heavy (non-hydrogen) atoms. The molecule has 104 valence electrons. The fraction of sp³-hybridized carbons (Fsp3) is 0.500. The maximum absolute atomic E-state index is 13.8. The van der Waals surface area contributed by atoms with Crippen LogP contribution in [-0.2, 0) is 0 Å². The van der Waals surface area contributed by atoms with E-state index in [4.69, 9.17) is 0 Å². The summed E-state index contributed by atoms with van der Waals surface area (Å²) in [5.74, 6) is -0.869. The van der Waals surface area contributed by atoms with Gasteiger partial charge in [0.05, 0.1) is 18.2 Å².